The minimum Gasteiger partial charge on any atom is -0.494 e. The van der Waals surface area contributed by atoms with E-state index in [4.69, 9.17) is 24.3 Å². The normalized spacial score (nSPS) is 13.9. The van der Waals surface area contributed by atoms with E-state index in [1.54, 1.807) is 36.3 Å². The van der Waals surface area contributed by atoms with E-state index < -0.39 is 6.04 Å². The number of pyridine rings is 1. The molecule has 2 N–H and O–H groups in total. The first-order valence-corrected chi connectivity index (χ1v) is 14.3. The quantitative estimate of drug-likeness (QED) is 0.197. The van der Waals surface area contributed by atoms with Crippen LogP contribution >= 0.6 is 0 Å². The summed E-state index contributed by atoms with van der Waals surface area (Å²) in [6.07, 6.45) is 3.26. The molecule has 1 unspecified atom stereocenters. The van der Waals surface area contributed by atoms with Crippen LogP contribution in [0.2, 0.25) is 0 Å². The van der Waals surface area contributed by atoms with Gasteiger partial charge < -0.3 is 24.8 Å². The van der Waals surface area contributed by atoms with Crippen LogP contribution in [0.15, 0.2) is 109 Å². The van der Waals surface area contributed by atoms with Crippen LogP contribution in [0.5, 0.6) is 17.2 Å². The van der Waals surface area contributed by atoms with E-state index >= 15 is 0 Å². The molecule has 1 aliphatic rings. The van der Waals surface area contributed by atoms with E-state index in [-0.39, 0.29) is 5.91 Å². The first kappa shape index (κ1) is 28.5. The number of carbonyl (C=O) groups is 1. The number of anilines is 2. The lowest BCUT2D eigenvalue weighted by Crippen LogP contribution is -2.31. The summed E-state index contributed by atoms with van der Waals surface area (Å²) < 4.78 is 19.2. The number of benzene rings is 3. The summed E-state index contributed by atoms with van der Waals surface area (Å²) in [6.45, 7) is 4.77. The van der Waals surface area contributed by atoms with Crippen molar-refractivity contribution in [2.24, 2.45) is 0 Å². The first-order valence-electron chi connectivity index (χ1n) is 14.3. The largest absolute Gasteiger partial charge is 0.494 e. The van der Waals surface area contributed by atoms with E-state index in [0.717, 1.165) is 22.4 Å². The van der Waals surface area contributed by atoms with Gasteiger partial charge in [-0.25, -0.2) is 4.68 Å². The lowest BCUT2D eigenvalue weighted by Gasteiger charge is -2.29. The zero-order valence-electron chi connectivity index (χ0n) is 24.7. The molecule has 10 nitrogen and oxygen atoms in total. The highest BCUT2D eigenvalue weighted by molar-refractivity contribution is 6.06. The average Bonchev–Trinajstić information content (AvgIpc) is 3.48. The lowest BCUT2D eigenvalue weighted by atomic mass is 9.94. The molecule has 3 heterocycles. The van der Waals surface area contributed by atoms with E-state index in [9.17, 15) is 4.79 Å². The number of carbonyl (C=O) groups excluding carboxylic acids is 1. The Bertz CT molecular complexity index is 1790. The summed E-state index contributed by atoms with van der Waals surface area (Å²) >= 11 is 0. The van der Waals surface area contributed by atoms with Gasteiger partial charge in [-0.2, -0.15) is 4.98 Å². The number of nitrogens with zero attached hydrogens (tertiary/aromatic N) is 4. The van der Waals surface area contributed by atoms with Gasteiger partial charge in [-0.05, 0) is 73.5 Å². The SMILES string of the molecule is CCOc1ccc(-c2nc3n(n2)C(c2ccc(OCc4ccccc4)c(OC)c2)C(C(=O)Nc2cccnc2)=C(C)N3)cc1. The molecule has 222 valence electrons. The highest BCUT2D eigenvalue weighted by Gasteiger charge is 2.35. The van der Waals surface area contributed by atoms with Gasteiger partial charge in [0.15, 0.2) is 17.3 Å². The zero-order chi connectivity index (χ0) is 30.5. The molecule has 0 saturated heterocycles. The number of methoxy groups -OCH3 is 1. The summed E-state index contributed by atoms with van der Waals surface area (Å²) in [5.74, 6) is 2.62. The Morgan fingerprint density at radius 1 is 0.977 bits per heavy atom. The molecule has 5 aromatic rings. The molecule has 1 aliphatic heterocycles. The molecule has 1 atom stereocenters. The summed E-state index contributed by atoms with van der Waals surface area (Å²) in [7, 11) is 1.60. The second-order valence-electron chi connectivity index (χ2n) is 10.1. The number of ether oxygens (including phenoxy) is 3. The Morgan fingerprint density at radius 3 is 2.52 bits per heavy atom. The van der Waals surface area contributed by atoms with Gasteiger partial charge in [0.25, 0.3) is 5.91 Å². The van der Waals surface area contributed by atoms with Crippen molar-refractivity contribution in [1.82, 2.24) is 19.7 Å². The number of hydrogen-bond acceptors (Lipinski definition) is 8. The number of fused-ring (bicyclic) bond motifs is 1. The third kappa shape index (κ3) is 5.96. The van der Waals surface area contributed by atoms with Gasteiger partial charge in [-0.3, -0.25) is 9.78 Å². The summed E-state index contributed by atoms with van der Waals surface area (Å²) in [5, 5.41) is 11.2. The minimum absolute atomic E-state index is 0.292. The number of allylic oxidation sites excluding steroid dienone is 1. The second kappa shape index (κ2) is 12.7. The third-order valence-corrected chi connectivity index (χ3v) is 7.18. The Morgan fingerprint density at radius 2 is 1.80 bits per heavy atom. The molecule has 3 aromatic carbocycles. The summed E-state index contributed by atoms with van der Waals surface area (Å²) in [5.41, 5.74) is 4.34. The van der Waals surface area contributed by atoms with E-state index in [1.165, 1.54) is 0 Å². The molecular formula is C34H32N6O4. The highest BCUT2D eigenvalue weighted by Crippen LogP contribution is 2.40. The molecule has 0 aliphatic carbocycles. The maximum absolute atomic E-state index is 13.9. The van der Waals surface area contributed by atoms with Crippen LogP contribution in [0.1, 0.15) is 31.0 Å². The van der Waals surface area contributed by atoms with Gasteiger partial charge in [-0.15, -0.1) is 5.10 Å². The standard InChI is InChI=1S/C34H32N6O4/c1-4-43-27-15-12-24(13-16-27)32-38-34-36-22(2)30(33(41)37-26-11-8-18-35-20-26)31(40(34)39-32)25-14-17-28(29(19-25)42-3)44-21-23-9-6-5-7-10-23/h5-20,31H,4,21H2,1-3H3,(H,37,41)(H,36,38,39). The summed E-state index contributed by atoms with van der Waals surface area (Å²) in [4.78, 5) is 22.8. The van der Waals surface area contributed by atoms with Crippen molar-refractivity contribution in [2.75, 3.05) is 24.4 Å². The van der Waals surface area contributed by atoms with Crippen LogP contribution in [0.4, 0.5) is 11.6 Å². The van der Waals surface area contributed by atoms with E-state index in [0.29, 0.717) is 53.4 Å². The maximum atomic E-state index is 13.9. The van der Waals surface area contributed by atoms with Crippen LogP contribution in [0, 0.1) is 0 Å². The van der Waals surface area contributed by atoms with Gasteiger partial charge >= 0.3 is 0 Å². The molecular weight excluding hydrogens is 556 g/mol. The van der Waals surface area contributed by atoms with Crippen molar-refractivity contribution >= 4 is 17.5 Å². The average molecular weight is 589 g/mol. The van der Waals surface area contributed by atoms with Gasteiger partial charge in [-0.1, -0.05) is 36.4 Å². The fourth-order valence-corrected chi connectivity index (χ4v) is 5.09. The Hall–Kier alpha value is -5.64. The van der Waals surface area contributed by atoms with Crippen molar-refractivity contribution < 1.29 is 19.0 Å². The monoisotopic (exact) mass is 588 g/mol. The molecule has 0 saturated carbocycles. The smallest absolute Gasteiger partial charge is 0.255 e. The highest BCUT2D eigenvalue weighted by atomic mass is 16.5. The van der Waals surface area contributed by atoms with Crippen molar-refractivity contribution in [3.63, 3.8) is 0 Å². The molecule has 0 bridgehead atoms. The lowest BCUT2D eigenvalue weighted by molar-refractivity contribution is -0.113. The molecule has 44 heavy (non-hydrogen) atoms. The maximum Gasteiger partial charge on any atom is 0.255 e. The second-order valence-corrected chi connectivity index (χ2v) is 10.1. The topological polar surface area (TPSA) is 112 Å². The fraction of sp³-hybridized carbons (Fsp3) is 0.176. The molecule has 10 heteroatoms. The van der Waals surface area contributed by atoms with Gasteiger partial charge in [0, 0.05) is 17.5 Å². The molecule has 0 fully saturated rings. The van der Waals surface area contributed by atoms with Crippen molar-refractivity contribution in [1.29, 1.82) is 0 Å². The fourth-order valence-electron chi connectivity index (χ4n) is 5.09. The summed E-state index contributed by atoms with van der Waals surface area (Å²) in [6, 6.07) is 26.1. The van der Waals surface area contributed by atoms with Crippen LogP contribution in [-0.4, -0.2) is 39.4 Å². The molecule has 0 radical (unpaired) electrons. The van der Waals surface area contributed by atoms with Gasteiger partial charge in [0.1, 0.15) is 18.4 Å². The number of amides is 1. The third-order valence-electron chi connectivity index (χ3n) is 7.18. The van der Waals surface area contributed by atoms with Crippen molar-refractivity contribution in [3.8, 4) is 28.6 Å². The zero-order valence-corrected chi connectivity index (χ0v) is 24.7. The minimum atomic E-state index is -0.621. The Balaban J connectivity index is 1.39. The number of aromatic nitrogens is 4. The number of hydrogen-bond donors (Lipinski definition) is 2. The number of rotatable bonds is 10. The Labute approximate surface area is 255 Å². The Kier molecular flexibility index (Phi) is 8.22. The van der Waals surface area contributed by atoms with Crippen LogP contribution in [0.25, 0.3) is 11.4 Å². The van der Waals surface area contributed by atoms with Gasteiger partial charge in [0.05, 0.1) is 31.2 Å². The molecule has 0 spiro atoms. The predicted molar refractivity (Wildman–Crippen MR) is 168 cm³/mol. The van der Waals surface area contributed by atoms with Crippen LogP contribution < -0.4 is 24.8 Å². The van der Waals surface area contributed by atoms with Crippen molar-refractivity contribution in [3.05, 3.63) is 120 Å². The first-order chi connectivity index (χ1) is 21.5. The van der Waals surface area contributed by atoms with E-state index in [2.05, 4.69) is 15.6 Å². The van der Waals surface area contributed by atoms with E-state index in [1.807, 2.05) is 86.6 Å². The number of nitrogens with one attached hydrogen (secondary N) is 2. The predicted octanol–water partition coefficient (Wildman–Crippen LogP) is 6.25. The molecule has 2 aromatic heterocycles. The molecule has 6 rings (SSSR count). The van der Waals surface area contributed by atoms with Crippen LogP contribution in [0.3, 0.4) is 0 Å². The van der Waals surface area contributed by atoms with Gasteiger partial charge in [0.2, 0.25) is 5.95 Å². The molecule has 1 amide bonds. The van der Waals surface area contributed by atoms with Crippen LogP contribution in [-0.2, 0) is 11.4 Å². The van der Waals surface area contributed by atoms with Crippen molar-refractivity contribution in [2.45, 2.75) is 26.5 Å².